The molecule has 0 amide bonds. The average molecular weight is 505 g/mol. The SMILES string of the molecule is CCCCCCCC[C@@H]1CC[C@@H]2[C@H]3CC=C4C[C@@H](OC(=O)[C@H](Cl)C(C)C)CC[C@]4(C)[C@@H]3CC[C@]12C. The second kappa shape index (κ2) is 11.5. The number of carbonyl (C=O) groups is 1. The second-order valence-electron chi connectivity index (χ2n) is 13.6. The summed E-state index contributed by atoms with van der Waals surface area (Å²) in [4.78, 5) is 12.5. The van der Waals surface area contributed by atoms with E-state index in [1.807, 2.05) is 13.8 Å². The molecule has 35 heavy (non-hydrogen) atoms. The first-order valence-corrected chi connectivity index (χ1v) is 15.7. The van der Waals surface area contributed by atoms with Crippen molar-refractivity contribution in [1.82, 2.24) is 0 Å². The summed E-state index contributed by atoms with van der Waals surface area (Å²) in [7, 11) is 0. The molecule has 3 heteroatoms. The molecule has 8 atom stereocenters. The van der Waals surface area contributed by atoms with Gasteiger partial charge in [0.1, 0.15) is 11.5 Å². The fraction of sp³-hybridized carbons (Fsp3) is 0.906. The van der Waals surface area contributed by atoms with Gasteiger partial charge in [-0.25, -0.2) is 0 Å². The van der Waals surface area contributed by atoms with Crippen LogP contribution in [0.15, 0.2) is 11.6 Å². The van der Waals surface area contributed by atoms with Crippen LogP contribution in [0.25, 0.3) is 0 Å². The maximum Gasteiger partial charge on any atom is 0.324 e. The average Bonchev–Trinajstić information content (AvgIpc) is 3.17. The molecular weight excluding hydrogens is 452 g/mol. The zero-order valence-corrected chi connectivity index (χ0v) is 24.2. The Bertz CT molecular complexity index is 759. The molecule has 4 rings (SSSR count). The Kier molecular flexibility index (Phi) is 9.04. The van der Waals surface area contributed by atoms with Crippen molar-refractivity contribution in [2.75, 3.05) is 0 Å². The number of esters is 1. The summed E-state index contributed by atoms with van der Waals surface area (Å²) in [6.07, 6.45) is 22.7. The molecule has 0 aromatic heterocycles. The van der Waals surface area contributed by atoms with Gasteiger partial charge < -0.3 is 4.74 Å². The van der Waals surface area contributed by atoms with Gasteiger partial charge >= 0.3 is 5.97 Å². The molecule has 3 fully saturated rings. The van der Waals surface area contributed by atoms with E-state index in [4.69, 9.17) is 16.3 Å². The number of hydrogen-bond donors (Lipinski definition) is 0. The predicted octanol–water partition coefficient (Wildman–Crippen LogP) is 9.49. The van der Waals surface area contributed by atoms with Gasteiger partial charge in [0.05, 0.1) is 0 Å². The van der Waals surface area contributed by atoms with Crippen molar-refractivity contribution in [1.29, 1.82) is 0 Å². The van der Waals surface area contributed by atoms with Gasteiger partial charge in [-0.2, -0.15) is 0 Å². The lowest BCUT2D eigenvalue weighted by atomic mass is 9.47. The van der Waals surface area contributed by atoms with Crippen LogP contribution in [0, 0.1) is 40.4 Å². The lowest BCUT2D eigenvalue weighted by Gasteiger charge is -2.58. The summed E-state index contributed by atoms with van der Waals surface area (Å²) in [5.41, 5.74) is 2.47. The highest BCUT2D eigenvalue weighted by Gasteiger charge is 2.58. The number of halogens is 1. The van der Waals surface area contributed by atoms with E-state index in [0.717, 1.165) is 42.9 Å². The van der Waals surface area contributed by atoms with E-state index in [0.29, 0.717) is 10.8 Å². The summed E-state index contributed by atoms with van der Waals surface area (Å²) < 4.78 is 5.90. The van der Waals surface area contributed by atoms with Gasteiger partial charge in [-0.05, 0) is 91.8 Å². The van der Waals surface area contributed by atoms with Crippen molar-refractivity contribution in [3.63, 3.8) is 0 Å². The van der Waals surface area contributed by atoms with E-state index in [1.165, 1.54) is 77.0 Å². The van der Waals surface area contributed by atoms with E-state index in [1.54, 1.807) is 5.57 Å². The quantitative estimate of drug-likeness (QED) is 0.128. The Labute approximate surface area is 221 Å². The highest BCUT2D eigenvalue weighted by molar-refractivity contribution is 6.30. The fourth-order valence-corrected chi connectivity index (χ4v) is 9.04. The van der Waals surface area contributed by atoms with Gasteiger partial charge in [-0.15, -0.1) is 11.6 Å². The largest absolute Gasteiger partial charge is 0.461 e. The molecule has 0 saturated heterocycles. The van der Waals surface area contributed by atoms with E-state index in [-0.39, 0.29) is 18.0 Å². The number of rotatable bonds is 10. The molecule has 4 aliphatic carbocycles. The lowest BCUT2D eigenvalue weighted by molar-refractivity contribution is -0.151. The second-order valence-corrected chi connectivity index (χ2v) is 14.1. The van der Waals surface area contributed by atoms with Crippen LogP contribution in [0.1, 0.15) is 131 Å². The van der Waals surface area contributed by atoms with Gasteiger partial charge in [-0.3, -0.25) is 4.79 Å². The molecule has 0 aromatic rings. The minimum Gasteiger partial charge on any atom is -0.461 e. The Hall–Kier alpha value is -0.500. The van der Waals surface area contributed by atoms with Crippen molar-refractivity contribution in [3.05, 3.63) is 11.6 Å². The van der Waals surface area contributed by atoms with Gasteiger partial charge in [-0.1, -0.05) is 84.8 Å². The number of fused-ring (bicyclic) bond motifs is 5. The molecule has 3 saturated carbocycles. The predicted molar refractivity (Wildman–Crippen MR) is 148 cm³/mol. The molecule has 2 nitrogen and oxygen atoms in total. The summed E-state index contributed by atoms with van der Waals surface area (Å²) in [5, 5.41) is -0.532. The van der Waals surface area contributed by atoms with Gasteiger partial charge in [0, 0.05) is 6.42 Å². The van der Waals surface area contributed by atoms with Gasteiger partial charge in [0.15, 0.2) is 0 Å². The Morgan fingerprint density at radius 3 is 2.51 bits per heavy atom. The van der Waals surface area contributed by atoms with E-state index >= 15 is 0 Å². The van der Waals surface area contributed by atoms with Crippen LogP contribution < -0.4 is 0 Å². The zero-order chi connectivity index (χ0) is 25.2. The highest BCUT2D eigenvalue weighted by atomic mass is 35.5. The smallest absolute Gasteiger partial charge is 0.324 e. The Balaban J connectivity index is 1.36. The number of hydrogen-bond acceptors (Lipinski definition) is 2. The molecule has 0 heterocycles. The molecule has 0 aromatic carbocycles. The molecule has 0 radical (unpaired) electrons. The summed E-state index contributed by atoms with van der Waals surface area (Å²) in [6.45, 7) is 11.5. The highest BCUT2D eigenvalue weighted by Crippen LogP contribution is 2.66. The fourth-order valence-electron chi connectivity index (χ4n) is 8.98. The van der Waals surface area contributed by atoms with E-state index in [9.17, 15) is 4.79 Å². The Morgan fingerprint density at radius 2 is 1.77 bits per heavy atom. The first-order valence-electron chi connectivity index (χ1n) is 15.2. The normalized spacial score (nSPS) is 39.4. The van der Waals surface area contributed by atoms with Gasteiger partial charge in [0.25, 0.3) is 0 Å². The first kappa shape index (κ1) is 27.5. The molecule has 0 N–H and O–H groups in total. The number of allylic oxidation sites excluding steroid dienone is 1. The van der Waals surface area contributed by atoms with Crippen molar-refractivity contribution in [2.24, 2.45) is 40.4 Å². The molecular formula is C32H53ClO2. The standard InChI is InChI=1S/C32H53ClO2/c1-6-7-8-9-10-11-12-23-14-16-27-26-15-13-24-21-25(35-30(34)29(33)22(2)3)17-19-32(24,5)28(26)18-20-31(23,27)4/h13,22-23,25-29H,6-12,14-21H2,1-5H3/t23-,25+,26-,27-,28-,29-,31-,32+/m1/s1. The number of alkyl halides is 1. The van der Waals surface area contributed by atoms with Crippen molar-refractivity contribution < 1.29 is 9.53 Å². The molecule has 0 bridgehead atoms. The van der Waals surface area contributed by atoms with Crippen LogP contribution in [-0.2, 0) is 9.53 Å². The lowest BCUT2D eigenvalue weighted by Crippen LogP contribution is -2.50. The Morgan fingerprint density at radius 1 is 1.03 bits per heavy atom. The minimum atomic E-state index is -0.532. The third kappa shape index (κ3) is 5.53. The first-order chi connectivity index (χ1) is 16.7. The molecule has 0 aliphatic heterocycles. The maximum atomic E-state index is 12.5. The topological polar surface area (TPSA) is 26.3 Å². The third-order valence-electron chi connectivity index (χ3n) is 11.3. The van der Waals surface area contributed by atoms with Crippen molar-refractivity contribution >= 4 is 17.6 Å². The van der Waals surface area contributed by atoms with Crippen LogP contribution in [-0.4, -0.2) is 17.5 Å². The summed E-state index contributed by atoms with van der Waals surface area (Å²) in [5.74, 6) is 3.45. The van der Waals surface area contributed by atoms with E-state index in [2.05, 4.69) is 26.8 Å². The monoisotopic (exact) mass is 504 g/mol. The number of carbonyl (C=O) groups excluding carboxylic acids is 1. The van der Waals surface area contributed by atoms with Crippen LogP contribution in [0.3, 0.4) is 0 Å². The third-order valence-corrected chi connectivity index (χ3v) is 11.9. The zero-order valence-electron chi connectivity index (χ0n) is 23.4. The van der Waals surface area contributed by atoms with Crippen LogP contribution in [0.5, 0.6) is 0 Å². The van der Waals surface area contributed by atoms with Crippen LogP contribution in [0.4, 0.5) is 0 Å². The van der Waals surface area contributed by atoms with Crippen LogP contribution in [0.2, 0.25) is 0 Å². The molecule has 4 aliphatic rings. The maximum absolute atomic E-state index is 12.5. The summed E-state index contributed by atoms with van der Waals surface area (Å²) in [6, 6.07) is 0. The molecule has 200 valence electrons. The van der Waals surface area contributed by atoms with Crippen molar-refractivity contribution in [2.45, 2.75) is 142 Å². The molecule has 0 unspecified atom stereocenters. The number of ether oxygens (including phenoxy) is 1. The number of unbranched alkanes of at least 4 members (excludes halogenated alkanes) is 5. The minimum absolute atomic E-state index is 0.0143. The molecule has 0 spiro atoms. The van der Waals surface area contributed by atoms with Crippen molar-refractivity contribution in [3.8, 4) is 0 Å². The van der Waals surface area contributed by atoms with Crippen LogP contribution >= 0.6 is 11.6 Å². The van der Waals surface area contributed by atoms with E-state index < -0.39 is 5.38 Å². The summed E-state index contributed by atoms with van der Waals surface area (Å²) >= 11 is 6.29. The van der Waals surface area contributed by atoms with Gasteiger partial charge in [0.2, 0.25) is 0 Å².